The van der Waals surface area contributed by atoms with E-state index in [1.165, 1.54) is 16.6 Å². The number of rotatable bonds is 5. The fourth-order valence-electron chi connectivity index (χ4n) is 2.04. The highest BCUT2D eigenvalue weighted by molar-refractivity contribution is 9.10. The molecule has 4 heteroatoms. The summed E-state index contributed by atoms with van der Waals surface area (Å²) < 4.78 is 3.17. The number of halogens is 2. The van der Waals surface area contributed by atoms with Gasteiger partial charge in [-0.15, -0.1) is 0 Å². The molecule has 0 fully saturated rings. The van der Waals surface area contributed by atoms with Gasteiger partial charge in [-0.2, -0.15) is 5.10 Å². The predicted octanol–water partition coefficient (Wildman–Crippen LogP) is 4.09. The van der Waals surface area contributed by atoms with Gasteiger partial charge in [-0.3, -0.25) is 4.68 Å². The first-order valence-electron chi connectivity index (χ1n) is 5.69. The van der Waals surface area contributed by atoms with Crippen LogP contribution in [0.1, 0.15) is 31.7 Å². The quantitative estimate of drug-likeness (QED) is 0.730. The molecule has 16 heavy (non-hydrogen) atoms. The van der Waals surface area contributed by atoms with Gasteiger partial charge in [0.2, 0.25) is 0 Å². The van der Waals surface area contributed by atoms with Gasteiger partial charge in [0, 0.05) is 12.4 Å². The molecule has 0 bridgehead atoms. The highest BCUT2D eigenvalue weighted by Gasteiger charge is 2.16. The minimum absolute atomic E-state index is 0.686. The molecule has 1 aromatic rings. The minimum atomic E-state index is 0.686. The summed E-state index contributed by atoms with van der Waals surface area (Å²) in [6.45, 7) is 6.59. The Morgan fingerprint density at radius 2 is 2.00 bits per heavy atom. The van der Waals surface area contributed by atoms with Crippen molar-refractivity contribution in [1.82, 2.24) is 9.78 Å². The number of aryl methyl sites for hydroxylation is 2. The van der Waals surface area contributed by atoms with Crippen LogP contribution in [0.15, 0.2) is 4.47 Å². The van der Waals surface area contributed by atoms with E-state index in [0.717, 1.165) is 23.4 Å². The van der Waals surface area contributed by atoms with Gasteiger partial charge in [0.1, 0.15) is 0 Å². The first-order valence-corrected chi connectivity index (χ1v) is 7.61. The molecule has 0 amide bonds. The molecule has 1 aromatic heterocycles. The molecule has 2 nitrogen and oxygen atoms in total. The lowest BCUT2D eigenvalue weighted by Gasteiger charge is -2.16. The van der Waals surface area contributed by atoms with Crippen molar-refractivity contribution in [3.05, 3.63) is 15.9 Å². The summed E-state index contributed by atoms with van der Waals surface area (Å²) in [5.74, 6) is 1.43. The fraction of sp³-hybridized carbons (Fsp3) is 0.750. The lowest BCUT2D eigenvalue weighted by atomic mass is 9.94. The van der Waals surface area contributed by atoms with Gasteiger partial charge in [0.05, 0.1) is 15.9 Å². The summed E-state index contributed by atoms with van der Waals surface area (Å²) in [5, 5.41) is 5.49. The Morgan fingerprint density at radius 1 is 1.38 bits per heavy atom. The van der Waals surface area contributed by atoms with Crippen LogP contribution in [0.3, 0.4) is 0 Å². The second-order valence-corrected chi connectivity index (χ2v) is 6.26. The zero-order valence-electron chi connectivity index (χ0n) is 10.4. The smallest absolute Gasteiger partial charge is 0.0738 e. The normalized spacial score (nSPS) is 13.4. The van der Waals surface area contributed by atoms with E-state index >= 15 is 0 Å². The maximum absolute atomic E-state index is 4.43. The van der Waals surface area contributed by atoms with Gasteiger partial charge in [0.15, 0.2) is 0 Å². The Kier molecular flexibility index (Phi) is 5.51. The molecule has 0 aliphatic heterocycles. The van der Waals surface area contributed by atoms with Crippen LogP contribution in [-0.4, -0.2) is 15.1 Å². The zero-order chi connectivity index (χ0) is 12.3. The van der Waals surface area contributed by atoms with Crippen molar-refractivity contribution in [1.29, 1.82) is 0 Å². The molecule has 0 aliphatic rings. The fourth-order valence-corrected chi connectivity index (χ4v) is 3.03. The number of alkyl halides is 1. The van der Waals surface area contributed by atoms with E-state index < -0.39 is 0 Å². The van der Waals surface area contributed by atoms with E-state index in [-0.39, 0.29) is 0 Å². The van der Waals surface area contributed by atoms with Crippen LogP contribution in [0.2, 0.25) is 0 Å². The molecule has 0 spiro atoms. The first kappa shape index (κ1) is 14.2. The van der Waals surface area contributed by atoms with E-state index in [2.05, 4.69) is 50.8 Å². The van der Waals surface area contributed by atoms with Crippen LogP contribution in [-0.2, 0) is 13.5 Å². The average molecular weight is 352 g/mol. The SMILES string of the molecule is Cc1nn(C)c(CC(CBr)CC(C)C)c1Br. The largest absolute Gasteiger partial charge is 0.271 e. The molecule has 1 rings (SSSR count). The van der Waals surface area contributed by atoms with Crippen molar-refractivity contribution >= 4 is 31.9 Å². The van der Waals surface area contributed by atoms with Gasteiger partial charge in [-0.05, 0) is 47.5 Å². The van der Waals surface area contributed by atoms with E-state index in [0.29, 0.717) is 5.92 Å². The first-order chi connectivity index (χ1) is 7.45. The molecule has 1 atom stereocenters. The molecule has 1 heterocycles. The van der Waals surface area contributed by atoms with Crippen molar-refractivity contribution in [3.63, 3.8) is 0 Å². The van der Waals surface area contributed by atoms with Crippen LogP contribution in [0.25, 0.3) is 0 Å². The van der Waals surface area contributed by atoms with Gasteiger partial charge < -0.3 is 0 Å². The van der Waals surface area contributed by atoms with Crippen LogP contribution < -0.4 is 0 Å². The van der Waals surface area contributed by atoms with Gasteiger partial charge in [-0.1, -0.05) is 29.8 Å². The van der Waals surface area contributed by atoms with Gasteiger partial charge in [0.25, 0.3) is 0 Å². The number of aromatic nitrogens is 2. The average Bonchev–Trinajstić information content (AvgIpc) is 2.43. The maximum Gasteiger partial charge on any atom is 0.0738 e. The summed E-state index contributed by atoms with van der Waals surface area (Å²) in [4.78, 5) is 0. The topological polar surface area (TPSA) is 17.8 Å². The Hall–Kier alpha value is 0.170. The van der Waals surface area contributed by atoms with Crippen LogP contribution in [0.4, 0.5) is 0 Å². The third-order valence-corrected chi connectivity index (χ3v) is 4.71. The molecule has 92 valence electrons. The maximum atomic E-state index is 4.43. The van der Waals surface area contributed by atoms with E-state index in [1.54, 1.807) is 0 Å². The number of hydrogen-bond acceptors (Lipinski definition) is 1. The van der Waals surface area contributed by atoms with Crippen molar-refractivity contribution in [2.45, 2.75) is 33.6 Å². The monoisotopic (exact) mass is 350 g/mol. The highest BCUT2D eigenvalue weighted by atomic mass is 79.9. The summed E-state index contributed by atoms with van der Waals surface area (Å²) in [7, 11) is 2.02. The summed E-state index contributed by atoms with van der Waals surface area (Å²) in [6, 6.07) is 0. The Bertz CT molecular complexity index is 345. The van der Waals surface area contributed by atoms with Crippen LogP contribution in [0.5, 0.6) is 0 Å². The summed E-state index contributed by atoms with van der Waals surface area (Å²) in [6.07, 6.45) is 2.34. The lowest BCUT2D eigenvalue weighted by molar-refractivity contribution is 0.435. The molecule has 0 saturated heterocycles. The minimum Gasteiger partial charge on any atom is -0.271 e. The lowest BCUT2D eigenvalue weighted by Crippen LogP contribution is -2.12. The molecule has 1 unspecified atom stereocenters. The van der Waals surface area contributed by atoms with Gasteiger partial charge >= 0.3 is 0 Å². The molecule has 0 aliphatic carbocycles. The van der Waals surface area contributed by atoms with Gasteiger partial charge in [-0.25, -0.2) is 0 Å². The molecule has 0 radical (unpaired) electrons. The van der Waals surface area contributed by atoms with Crippen molar-refractivity contribution in [2.75, 3.05) is 5.33 Å². The second kappa shape index (κ2) is 6.20. The molecule has 0 saturated carbocycles. The predicted molar refractivity (Wildman–Crippen MR) is 76.1 cm³/mol. The third-order valence-electron chi connectivity index (χ3n) is 2.77. The number of nitrogens with zero attached hydrogens (tertiary/aromatic N) is 2. The van der Waals surface area contributed by atoms with Crippen LogP contribution in [0, 0.1) is 18.8 Å². The standard InChI is InChI=1S/C12H20Br2N2/c1-8(2)5-10(7-13)6-11-12(14)9(3)15-16(11)4/h8,10H,5-7H2,1-4H3. The molecule has 0 N–H and O–H groups in total. The van der Waals surface area contributed by atoms with Crippen molar-refractivity contribution < 1.29 is 0 Å². The second-order valence-electron chi connectivity index (χ2n) is 4.82. The Morgan fingerprint density at radius 3 is 2.38 bits per heavy atom. The highest BCUT2D eigenvalue weighted by Crippen LogP contribution is 2.26. The summed E-state index contributed by atoms with van der Waals surface area (Å²) >= 11 is 7.24. The molecule has 0 aromatic carbocycles. The summed E-state index contributed by atoms with van der Waals surface area (Å²) in [5.41, 5.74) is 2.39. The van der Waals surface area contributed by atoms with E-state index in [9.17, 15) is 0 Å². The van der Waals surface area contributed by atoms with Crippen molar-refractivity contribution in [3.8, 4) is 0 Å². The molecular weight excluding hydrogens is 332 g/mol. The number of hydrogen-bond donors (Lipinski definition) is 0. The van der Waals surface area contributed by atoms with Crippen LogP contribution >= 0.6 is 31.9 Å². The Labute approximate surface area is 115 Å². The third kappa shape index (κ3) is 3.59. The van der Waals surface area contributed by atoms with E-state index in [1.807, 2.05) is 18.7 Å². The molecular formula is C12H20Br2N2. The van der Waals surface area contributed by atoms with Crippen molar-refractivity contribution in [2.24, 2.45) is 18.9 Å². The zero-order valence-corrected chi connectivity index (χ0v) is 13.6. The Balaban J connectivity index is 2.77. The van der Waals surface area contributed by atoms with E-state index in [4.69, 9.17) is 0 Å².